The van der Waals surface area contributed by atoms with Crippen LogP contribution in [-0.4, -0.2) is 37.5 Å². The Kier molecular flexibility index (Phi) is 5.29. The first kappa shape index (κ1) is 14.3. The van der Waals surface area contributed by atoms with E-state index in [0.717, 1.165) is 16.2 Å². The van der Waals surface area contributed by atoms with Crippen LogP contribution in [0.15, 0.2) is 29.0 Å². The SMILES string of the molecule is C=CCN(CCO)S(=O)(=O)c1ccc(CN)s1. The molecule has 7 heteroatoms. The van der Waals surface area contributed by atoms with Gasteiger partial charge in [0.05, 0.1) is 6.61 Å². The molecule has 0 aliphatic rings. The maximum atomic E-state index is 12.2. The molecule has 3 N–H and O–H groups in total. The Hall–Kier alpha value is -0.730. The Morgan fingerprint density at radius 2 is 2.24 bits per heavy atom. The number of nitrogens with two attached hydrogens (primary N) is 1. The van der Waals surface area contributed by atoms with Gasteiger partial charge in [-0.25, -0.2) is 8.42 Å². The van der Waals surface area contributed by atoms with Crippen molar-refractivity contribution in [2.24, 2.45) is 5.73 Å². The maximum Gasteiger partial charge on any atom is 0.252 e. The minimum atomic E-state index is -3.55. The van der Waals surface area contributed by atoms with E-state index in [9.17, 15) is 8.42 Å². The molecule has 0 unspecified atom stereocenters. The summed E-state index contributed by atoms with van der Waals surface area (Å²) in [5, 5.41) is 8.87. The maximum absolute atomic E-state index is 12.2. The smallest absolute Gasteiger partial charge is 0.252 e. The number of aliphatic hydroxyl groups excluding tert-OH is 1. The Morgan fingerprint density at radius 1 is 1.53 bits per heavy atom. The van der Waals surface area contributed by atoms with Crippen LogP contribution >= 0.6 is 11.3 Å². The van der Waals surface area contributed by atoms with Crippen LogP contribution in [0.5, 0.6) is 0 Å². The number of hydrogen-bond acceptors (Lipinski definition) is 5. The molecule has 0 aliphatic heterocycles. The molecule has 0 radical (unpaired) electrons. The molecule has 1 aromatic rings. The molecule has 0 aliphatic carbocycles. The number of aliphatic hydroxyl groups is 1. The van der Waals surface area contributed by atoms with Crippen LogP contribution in [0.25, 0.3) is 0 Å². The molecular formula is C10H16N2O3S2. The van der Waals surface area contributed by atoms with Gasteiger partial charge in [-0.05, 0) is 12.1 Å². The average molecular weight is 276 g/mol. The van der Waals surface area contributed by atoms with Crippen LogP contribution < -0.4 is 5.73 Å². The first-order valence-electron chi connectivity index (χ1n) is 5.07. The van der Waals surface area contributed by atoms with Gasteiger partial charge >= 0.3 is 0 Å². The lowest BCUT2D eigenvalue weighted by Gasteiger charge is -2.18. The van der Waals surface area contributed by atoms with Crippen LogP contribution in [0.3, 0.4) is 0 Å². The largest absolute Gasteiger partial charge is 0.395 e. The zero-order valence-electron chi connectivity index (χ0n) is 9.37. The van der Waals surface area contributed by atoms with Crippen molar-refractivity contribution in [1.82, 2.24) is 4.31 Å². The summed E-state index contributed by atoms with van der Waals surface area (Å²) in [5.41, 5.74) is 5.45. The van der Waals surface area contributed by atoms with Gasteiger partial charge < -0.3 is 10.8 Å². The highest BCUT2D eigenvalue weighted by Crippen LogP contribution is 2.24. The lowest BCUT2D eigenvalue weighted by atomic mass is 10.5. The van der Waals surface area contributed by atoms with Crippen LogP contribution in [0, 0.1) is 0 Å². The van der Waals surface area contributed by atoms with Crippen LogP contribution in [0.1, 0.15) is 4.88 Å². The molecule has 0 saturated carbocycles. The van der Waals surface area contributed by atoms with E-state index in [4.69, 9.17) is 10.8 Å². The monoisotopic (exact) mass is 276 g/mol. The molecule has 0 saturated heterocycles. The molecule has 0 spiro atoms. The molecule has 0 amide bonds. The van der Waals surface area contributed by atoms with Gasteiger partial charge in [-0.2, -0.15) is 4.31 Å². The van der Waals surface area contributed by atoms with E-state index in [2.05, 4.69) is 6.58 Å². The normalized spacial score (nSPS) is 11.9. The second kappa shape index (κ2) is 6.27. The number of rotatable bonds is 7. The van der Waals surface area contributed by atoms with E-state index in [1.54, 1.807) is 6.07 Å². The fourth-order valence-corrected chi connectivity index (χ4v) is 4.09. The van der Waals surface area contributed by atoms with Crippen molar-refractivity contribution in [1.29, 1.82) is 0 Å². The Morgan fingerprint density at radius 3 is 2.71 bits per heavy atom. The van der Waals surface area contributed by atoms with Gasteiger partial charge in [0, 0.05) is 24.5 Å². The van der Waals surface area contributed by atoms with E-state index in [0.29, 0.717) is 6.54 Å². The summed E-state index contributed by atoms with van der Waals surface area (Å²) in [6.07, 6.45) is 1.49. The van der Waals surface area contributed by atoms with E-state index in [1.165, 1.54) is 16.4 Å². The quantitative estimate of drug-likeness (QED) is 0.705. The number of thiophene rings is 1. The van der Waals surface area contributed by atoms with Crippen molar-refractivity contribution in [3.63, 3.8) is 0 Å². The van der Waals surface area contributed by atoms with Crippen molar-refractivity contribution in [3.05, 3.63) is 29.7 Å². The van der Waals surface area contributed by atoms with Crippen LogP contribution in [0.4, 0.5) is 0 Å². The fraction of sp³-hybridized carbons (Fsp3) is 0.400. The van der Waals surface area contributed by atoms with Gasteiger partial charge in [-0.15, -0.1) is 17.9 Å². The summed E-state index contributed by atoms with van der Waals surface area (Å²) in [4.78, 5) is 0.811. The third kappa shape index (κ3) is 3.36. The Balaban J connectivity index is 3.02. The molecule has 17 heavy (non-hydrogen) atoms. The van der Waals surface area contributed by atoms with Crippen molar-refractivity contribution in [3.8, 4) is 0 Å². The second-order valence-corrected chi connectivity index (χ2v) is 6.63. The van der Waals surface area contributed by atoms with E-state index >= 15 is 0 Å². The third-order valence-corrected chi connectivity index (χ3v) is 5.55. The summed E-state index contributed by atoms with van der Waals surface area (Å²) >= 11 is 1.15. The molecule has 1 rings (SSSR count). The van der Waals surface area contributed by atoms with E-state index in [1.807, 2.05) is 0 Å². The standard InChI is InChI=1S/C10H16N2O3S2/c1-2-5-12(6-7-13)17(14,15)10-4-3-9(8-11)16-10/h2-4,13H,1,5-8,11H2. The molecule has 0 atom stereocenters. The molecular weight excluding hydrogens is 260 g/mol. The summed E-state index contributed by atoms with van der Waals surface area (Å²) in [6, 6.07) is 3.23. The van der Waals surface area contributed by atoms with Gasteiger partial charge in [-0.1, -0.05) is 6.08 Å². The molecule has 1 aromatic heterocycles. The summed E-state index contributed by atoms with van der Waals surface area (Å²) in [5.74, 6) is 0. The van der Waals surface area contributed by atoms with Gasteiger partial charge in [0.2, 0.25) is 0 Å². The number of sulfonamides is 1. The molecule has 1 heterocycles. The van der Waals surface area contributed by atoms with Crippen LogP contribution in [-0.2, 0) is 16.6 Å². The van der Waals surface area contributed by atoms with Crippen molar-refractivity contribution in [2.75, 3.05) is 19.7 Å². The lowest BCUT2D eigenvalue weighted by Crippen LogP contribution is -2.33. The van der Waals surface area contributed by atoms with Gasteiger partial charge in [-0.3, -0.25) is 0 Å². The van der Waals surface area contributed by atoms with Gasteiger partial charge in [0.1, 0.15) is 4.21 Å². The third-order valence-electron chi connectivity index (χ3n) is 2.11. The van der Waals surface area contributed by atoms with Crippen molar-refractivity contribution >= 4 is 21.4 Å². The van der Waals surface area contributed by atoms with Gasteiger partial charge in [0.25, 0.3) is 10.0 Å². The summed E-state index contributed by atoms with van der Waals surface area (Å²) < 4.78 is 25.8. The average Bonchev–Trinajstić information content (AvgIpc) is 2.78. The topological polar surface area (TPSA) is 83.6 Å². The fourth-order valence-electron chi connectivity index (χ4n) is 1.30. The Labute approximate surface area is 105 Å². The summed E-state index contributed by atoms with van der Waals surface area (Å²) in [6.45, 7) is 3.85. The highest BCUT2D eigenvalue weighted by atomic mass is 32.2. The molecule has 0 fully saturated rings. The highest BCUT2D eigenvalue weighted by molar-refractivity contribution is 7.91. The zero-order chi connectivity index (χ0) is 12.9. The molecule has 96 valence electrons. The number of hydrogen-bond donors (Lipinski definition) is 2. The first-order valence-corrected chi connectivity index (χ1v) is 7.32. The van der Waals surface area contributed by atoms with Crippen LogP contribution in [0.2, 0.25) is 0 Å². The minimum Gasteiger partial charge on any atom is -0.395 e. The molecule has 5 nitrogen and oxygen atoms in total. The van der Waals surface area contributed by atoms with Crippen molar-refractivity contribution in [2.45, 2.75) is 10.8 Å². The zero-order valence-corrected chi connectivity index (χ0v) is 11.0. The summed E-state index contributed by atoms with van der Waals surface area (Å²) in [7, 11) is -3.55. The van der Waals surface area contributed by atoms with Gasteiger partial charge in [0.15, 0.2) is 0 Å². The predicted octanol–water partition coefficient (Wildman–Crippen LogP) is 0.376. The first-order chi connectivity index (χ1) is 8.06. The lowest BCUT2D eigenvalue weighted by molar-refractivity contribution is 0.260. The van der Waals surface area contributed by atoms with E-state index in [-0.39, 0.29) is 23.9 Å². The highest BCUT2D eigenvalue weighted by Gasteiger charge is 2.24. The van der Waals surface area contributed by atoms with E-state index < -0.39 is 10.0 Å². The Bertz CT molecular complexity index is 468. The molecule has 0 bridgehead atoms. The second-order valence-electron chi connectivity index (χ2n) is 3.30. The number of nitrogens with zero attached hydrogens (tertiary/aromatic N) is 1. The predicted molar refractivity (Wildman–Crippen MR) is 68.3 cm³/mol. The molecule has 0 aromatic carbocycles. The van der Waals surface area contributed by atoms with Crippen molar-refractivity contribution < 1.29 is 13.5 Å². The minimum absolute atomic E-state index is 0.0597.